The lowest BCUT2D eigenvalue weighted by molar-refractivity contribution is 0.102. The summed E-state index contributed by atoms with van der Waals surface area (Å²) in [5, 5.41) is 2.20. The van der Waals surface area contributed by atoms with Crippen LogP contribution in [0.5, 0.6) is 5.88 Å². The zero-order chi connectivity index (χ0) is 23.3. The molecule has 12 heteroatoms. The van der Waals surface area contributed by atoms with Gasteiger partial charge in [-0.15, -0.1) is 0 Å². The molecule has 5 N–H and O–H groups in total. The van der Waals surface area contributed by atoms with Gasteiger partial charge in [-0.25, -0.2) is 19.3 Å². The standard InChI is InChI=1S/C20H26FN7O3S/c1-19(2)18(22)28-20(3,13-7-8-25-32(13,19)30)16-11(21)5-6-14(26-16)27-17(29)12-9-24-15(31-4)10-23-12/h5-6,9-10,13,25,30H,7-8H2,1-4H3,(H2,22,28)(H,26,27,29)/t13-,20+/m1/s1. The van der Waals surface area contributed by atoms with Crippen LogP contribution in [0.25, 0.3) is 0 Å². The Morgan fingerprint density at radius 2 is 2.09 bits per heavy atom. The summed E-state index contributed by atoms with van der Waals surface area (Å²) in [6, 6.07) is 2.56. The monoisotopic (exact) mass is 463 g/mol. The number of carbonyl (C=O) groups is 1. The molecule has 4 heterocycles. The Balaban J connectivity index is 1.71. The predicted octanol–water partition coefficient (Wildman–Crippen LogP) is 2.19. The van der Waals surface area contributed by atoms with E-state index in [1.54, 1.807) is 6.92 Å². The van der Waals surface area contributed by atoms with Crippen molar-refractivity contribution in [3.8, 4) is 5.88 Å². The molecular weight excluding hydrogens is 437 g/mol. The SMILES string of the molecule is COc1cnc(C(=O)Nc2ccc(F)c([C@@]3(C)N=C(N)C(C)(C)[S@]4(O)NCC[C@H]34)n2)cn1. The number of carbonyl (C=O) groups excluding carboxylic acids is 1. The molecule has 2 aliphatic rings. The fourth-order valence-corrected chi connectivity index (χ4v) is 7.53. The third-order valence-corrected chi connectivity index (χ3v) is 10.1. The molecule has 32 heavy (non-hydrogen) atoms. The number of amides is 1. The molecule has 0 saturated carbocycles. The number of aliphatic imine (C=N–C) groups is 1. The summed E-state index contributed by atoms with van der Waals surface area (Å²) >= 11 is 0. The molecule has 172 valence electrons. The van der Waals surface area contributed by atoms with Crippen molar-refractivity contribution < 1.29 is 18.5 Å². The lowest BCUT2D eigenvalue weighted by atomic mass is 9.90. The van der Waals surface area contributed by atoms with Crippen molar-refractivity contribution in [2.75, 3.05) is 19.0 Å². The minimum absolute atomic E-state index is 0.00851. The number of pyridine rings is 1. The maximum Gasteiger partial charge on any atom is 0.277 e. The van der Waals surface area contributed by atoms with E-state index in [2.05, 4.69) is 30.0 Å². The number of nitrogens with one attached hydrogen (secondary N) is 2. The lowest BCUT2D eigenvalue weighted by Gasteiger charge is -2.55. The highest BCUT2D eigenvalue weighted by Crippen LogP contribution is 2.67. The minimum atomic E-state index is -2.46. The van der Waals surface area contributed by atoms with Crippen LogP contribution >= 0.6 is 10.5 Å². The van der Waals surface area contributed by atoms with Gasteiger partial charge in [-0.3, -0.25) is 14.5 Å². The van der Waals surface area contributed by atoms with Crippen LogP contribution in [0.3, 0.4) is 0 Å². The van der Waals surface area contributed by atoms with Crippen LogP contribution < -0.4 is 20.5 Å². The molecule has 0 spiro atoms. The average Bonchev–Trinajstić information content (AvgIpc) is 3.18. The van der Waals surface area contributed by atoms with E-state index in [0.717, 1.165) is 0 Å². The quantitative estimate of drug-likeness (QED) is 0.539. The Labute approximate surface area is 186 Å². The van der Waals surface area contributed by atoms with Crippen LogP contribution in [0.15, 0.2) is 29.5 Å². The number of aromatic nitrogens is 3. The number of rotatable bonds is 4. The molecule has 1 saturated heterocycles. The highest BCUT2D eigenvalue weighted by Gasteiger charge is 2.61. The zero-order valence-corrected chi connectivity index (χ0v) is 19.0. The van der Waals surface area contributed by atoms with Gasteiger partial charge >= 0.3 is 0 Å². The van der Waals surface area contributed by atoms with Gasteiger partial charge in [0.25, 0.3) is 5.91 Å². The maximum absolute atomic E-state index is 15.0. The van der Waals surface area contributed by atoms with Gasteiger partial charge in [-0.1, -0.05) is 10.5 Å². The first-order valence-corrected chi connectivity index (χ1v) is 11.7. The number of ether oxygens (including phenoxy) is 1. The van der Waals surface area contributed by atoms with Crippen molar-refractivity contribution >= 4 is 28.1 Å². The van der Waals surface area contributed by atoms with E-state index in [4.69, 9.17) is 10.5 Å². The Hall–Kier alpha value is -2.83. The van der Waals surface area contributed by atoms with E-state index in [-0.39, 0.29) is 28.9 Å². The van der Waals surface area contributed by atoms with E-state index >= 15 is 4.39 Å². The highest BCUT2D eigenvalue weighted by molar-refractivity contribution is 8.29. The molecular formula is C20H26FN7O3S. The molecule has 0 radical (unpaired) electrons. The summed E-state index contributed by atoms with van der Waals surface area (Å²) in [6.45, 7) is 5.95. The second-order valence-corrected chi connectivity index (χ2v) is 11.5. The third kappa shape index (κ3) is 3.29. The summed E-state index contributed by atoms with van der Waals surface area (Å²) in [5.41, 5.74) is 5.11. The molecule has 0 aromatic carbocycles. The van der Waals surface area contributed by atoms with Crippen LogP contribution in [0.1, 0.15) is 43.4 Å². The van der Waals surface area contributed by atoms with Gasteiger partial charge in [-0.2, -0.15) is 0 Å². The van der Waals surface area contributed by atoms with Crippen LogP contribution in [0.2, 0.25) is 0 Å². The molecule has 4 rings (SSSR count). The van der Waals surface area contributed by atoms with Crippen molar-refractivity contribution in [1.82, 2.24) is 19.7 Å². The van der Waals surface area contributed by atoms with Gasteiger partial charge in [0, 0.05) is 6.54 Å². The van der Waals surface area contributed by atoms with Crippen molar-refractivity contribution in [3.05, 3.63) is 41.7 Å². The van der Waals surface area contributed by atoms with Crippen LogP contribution in [-0.2, 0) is 5.54 Å². The molecule has 0 bridgehead atoms. The first-order chi connectivity index (χ1) is 15.0. The molecule has 2 aromatic heterocycles. The number of hydrogen-bond donors (Lipinski definition) is 4. The van der Waals surface area contributed by atoms with Crippen molar-refractivity contribution in [2.24, 2.45) is 10.7 Å². The van der Waals surface area contributed by atoms with Gasteiger partial charge in [0.2, 0.25) is 5.88 Å². The summed E-state index contributed by atoms with van der Waals surface area (Å²) in [7, 11) is -1.02. The zero-order valence-electron chi connectivity index (χ0n) is 18.2. The second kappa shape index (κ2) is 7.64. The van der Waals surface area contributed by atoms with E-state index in [9.17, 15) is 9.35 Å². The highest BCUT2D eigenvalue weighted by atomic mass is 32.3. The van der Waals surface area contributed by atoms with Crippen molar-refractivity contribution in [2.45, 2.75) is 42.7 Å². The Morgan fingerprint density at radius 3 is 2.75 bits per heavy atom. The van der Waals surface area contributed by atoms with Gasteiger partial charge in [-0.05, 0) is 39.3 Å². The number of methoxy groups -OCH3 is 1. The smallest absolute Gasteiger partial charge is 0.277 e. The summed E-state index contributed by atoms with van der Waals surface area (Å²) in [4.78, 5) is 29.5. The Bertz CT molecular complexity index is 1100. The van der Waals surface area contributed by atoms with Crippen LogP contribution in [0.4, 0.5) is 10.2 Å². The van der Waals surface area contributed by atoms with Crippen molar-refractivity contribution in [3.63, 3.8) is 0 Å². The predicted molar refractivity (Wildman–Crippen MR) is 120 cm³/mol. The number of fused-ring (bicyclic) bond motifs is 1. The largest absolute Gasteiger partial charge is 0.480 e. The van der Waals surface area contributed by atoms with E-state index < -0.39 is 37.8 Å². The molecule has 0 unspecified atom stereocenters. The van der Waals surface area contributed by atoms with Gasteiger partial charge in [0.1, 0.15) is 34.4 Å². The molecule has 1 amide bonds. The van der Waals surface area contributed by atoms with Gasteiger partial charge < -0.3 is 20.3 Å². The van der Waals surface area contributed by atoms with Crippen LogP contribution in [-0.4, -0.2) is 54.9 Å². The Kier molecular flexibility index (Phi) is 5.34. The summed E-state index contributed by atoms with van der Waals surface area (Å²) in [6.07, 6.45) is 3.17. The van der Waals surface area contributed by atoms with Crippen LogP contribution in [0, 0.1) is 5.82 Å². The molecule has 1 fully saturated rings. The number of halogens is 1. The molecule has 3 atom stereocenters. The topological polar surface area (TPSA) is 148 Å². The first kappa shape index (κ1) is 22.4. The maximum atomic E-state index is 15.0. The second-order valence-electron chi connectivity index (χ2n) is 8.38. The fourth-order valence-electron chi connectivity index (χ4n) is 4.17. The molecule has 2 aromatic rings. The minimum Gasteiger partial charge on any atom is -0.480 e. The summed E-state index contributed by atoms with van der Waals surface area (Å²) < 4.78 is 34.0. The normalized spacial score (nSPS) is 28.6. The number of anilines is 1. The van der Waals surface area contributed by atoms with Gasteiger partial charge in [0.15, 0.2) is 0 Å². The van der Waals surface area contributed by atoms with Crippen molar-refractivity contribution in [1.29, 1.82) is 0 Å². The lowest BCUT2D eigenvalue weighted by Crippen LogP contribution is -2.57. The van der Waals surface area contributed by atoms with E-state index in [0.29, 0.717) is 13.0 Å². The molecule has 0 aliphatic carbocycles. The number of amidine groups is 1. The van der Waals surface area contributed by atoms with Gasteiger partial charge in [0.05, 0.1) is 29.5 Å². The number of nitrogens with zero attached hydrogens (tertiary/aromatic N) is 4. The van der Waals surface area contributed by atoms with E-state index in [1.165, 1.54) is 31.6 Å². The molecule has 2 aliphatic heterocycles. The van der Waals surface area contributed by atoms with E-state index in [1.807, 2.05) is 13.8 Å². The number of nitrogens with two attached hydrogens (primary N) is 1. The first-order valence-electron chi connectivity index (χ1n) is 10.0. The average molecular weight is 464 g/mol. The molecule has 10 nitrogen and oxygen atoms in total. The summed E-state index contributed by atoms with van der Waals surface area (Å²) in [5.74, 6) is -0.541. The number of hydrogen-bond acceptors (Lipinski definition) is 9. The fraction of sp³-hybridized carbons (Fsp3) is 0.450. The Morgan fingerprint density at radius 1 is 1.34 bits per heavy atom. The third-order valence-electron chi connectivity index (χ3n) is 6.15.